The fraction of sp³-hybridized carbons (Fsp3) is 0.267. The third-order valence-electron chi connectivity index (χ3n) is 3.35. The molecule has 4 heteroatoms. The van der Waals surface area contributed by atoms with Crippen LogP contribution in [-0.4, -0.2) is 9.82 Å². The predicted molar refractivity (Wildman–Crippen MR) is 82.9 cm³/mol. The third-order valence-corrected chi connectivity index (χ3v) is 5.08. The minimum absolute atomic E-state index is 0.111. The van der Waals surface area contributed by atoms with E-state index in [9.17, 15) is 4.79 Å². The van der Waals surface area contributed by atoms with Crippen LogP contribution in [0.25, 0.3) is 0 Å². The summed E-state index contributed by atoms with van der Waals surface area (Å²) in [6.07, 6.45) is 2.93. The number of benzene rings is 1. The van der Waals surface area contributed by atoms with Gasteiger partial charge in [0.2, 0.25) is 0 Å². The molecule has 3 rings (SSSR count). The molecule has 2 heterocycles. The first kappa shape index (κ1) is 13.0. The number of hydrogen-bond acceptors (Lipinski definition) is 2. The predicted octanol–water partition coefficient (Wildman–Crippen LogP) is 3.64. The van der Waals surface area contributed by atoms with E-state index in [1.807, 2.05) is 35.5 Å². The van der Waals surface area contributed by atoms with Gasteiger partial charge in [0.25, 0.3) is 5.56 Å². The Bertz CT molecular complexity index is 655. The molecule has 19 heavy (non-hydrogen) atoms. The summed E-state index contributed by atoms with van der Waals surface area (Å²) in [6.45, 7) is 2.62. The van der Waals surface area contributed by atoms with E-state index in [4.69, 9.17) is 0 Å². The second-order valence-corrected chi connectivity index (χ2v) is 7.11. The summed E-state index contributed by atoms with van der Waals surface area (Å²) >= 11 is 5.33. The summed E-state index contributed by atoms with van der Waals surface area (Å²) in [6, 6.07) is 10.4. The smallest absolute Gasteiger partial charge is 0.253 e. The quantitative estimate of drug-likeness (QED) is 0.835. The molecule has 0 spiro atoms. The summed E-state index contributed by atoms with van der Waals surface area (Å²) in [4.78, 5) is 13.5. The van der Waals surface area contributed by atoms with Crippen molar-refractivity contribution in [2.24, 2.45) is 0 Å². The first-order chi connectivity index (χ1) is 9.13. The third kappa shape index (κ3) is 2.65. The Morgan fingerprint density at radius 1 is 1.42 bits per heavy atom. The monoisotopic (exact) mass is 335 g/mol. The molecule has 1 aromatic carbocycles. The molecule has 0 fully saturated rings. The van der Waals surface area contributed by atoms with Crippen molar-refractivity contribution in [1.29, 1.82) is 0 Å². The van der Waals surface area contributed by atoms with Crippen LogP contribution in [-0.2, 0) is 13.0 Å². The Kier molecular flexibility index (Phi) is 3.54. The van der Waals surface area contributed by atoms with Crippen molar-refractivity contribution >= 4 is 27.7 Å². The van der Waals surface area contributed by atoms with Gasteiger partial charge in [0.05, 0.1) is 0 Å². The molecule has 1 unspecified atom stereocenters. The van der Waals surface area contributed by atoms with Gasteiger partial charge in [-0.25, -0.2) is 0 Å². The minimum Gasteiger partial charge on any atom is -0.313 e. The lowest BCUT2D eigenvalue weighted by atomic mass is 10.1. The SMILES string of the molecule is Cc1cc(Br)cn(CC2Cc3ccccc3S2)c1=O. The zero-order valence-electron chi connectivity index (χ0n) is 10.6. The van der Waals surface area contributed by atoms with E-state index in [0.29, 0.717) is 5.25 Å². The van der Waals surface area contributed by atoms with Crippen LogP contribution in [0.4, 0.5) is 0 Å². The maximum Gasteiger partial charge on any atom is 0.253 e. The van der Waals surface area contributed by atoms with Crippen molar-refractivity contribution in [2.45, 2.75) is 30.0 Å². The van der Waals surface area contributed by atoms with E-state index in [1.165, 1.54) is 10.5 Å². The first-order valence-electron chi connectivity index (χ1n) is 6.24. The highest BCUT2D eigenvalue weighted by molar-refractivity contribution is 9.10. The molecule has 0 aliphatic carbocycles. The van der Waals surface area contributed by atoms with Crippen LogP contribution in [0.2, 0.25) is 0 Å². The summed E-state index contributed by atoms with van der Waals surface area (Å²) in [5, 5.41) is 0.448. The summed E-state index contributed by atoms with van der Waals surface area (Å²) < 4.78 is 2.79. The molecule has 0 saturated carbocycles. The Balaban J connectivity index is 1.83. The lowest BCUT2D eigenvalue weighted by molar-refractivity contribution is 0.637. The van der Waals surface area contributed by atoms with E-state index >= 15 is 0 Å². The van der Waals surface area contributed by atoms with Gasteiger partial charge in [-0.05, 0) is 47.0 Å². The highest BCUT2D eigenvalue weighted by atomic mass is 79.9. The number of nitrogens with zero attached hydrogens (tertiary/aromatic N) is 1. The largest absolute Gasteiger partial charge is 0.313 e. The zero-order valence-corrected chi connectivity index (χ0v) is 13.0. The van der Waals surface area contributed by atoms with Gasteiger partial charge in [0.1, 0.15) is 0 Å². The van der Waals surface area contributed by atoms with Crippen LogP contribution in [0.1, 0.15) is 11.1 Å². The number of rotatable bonds is 2. The molecular formula is C15H14BrNOS. The van der Waals surface area contributed by atoms with Crippen molar-refractivity contribution in [3.05, 3.63) is 62.5 Å². The van der Waals surface area contributed by atoms with E-state index in [-0.39, 0.29) is 5.56 Å². The van der Waals surface area contributed by atoms with Gasteiger partial charge < -0.3 is 4.57 Å². The number of hydrogen-bond donors (Lipinski definition) is 0. The number of aryl methyl sites for hydroxylation is 1. The van der Waals surface area contributed by atoms with Crippen LogP contribution < -0.4 is 5.56 Å². The van der Waals surface area contributed by atoms with E-state index in [2.05, 4.69) is 40.2 Å². The van der Waals surface area contributed by atoms with Crippen LogP contribution in [0, 0.1) is 6.92 Å². The summed E-state index contributed by atoms with van der Waals surface area (Å²) in [5.74, 6) is 0. The molecule has 1 aliphatic rings. The summed E-state index contributed by atoms with van der Waals surface area (Å²) in [7, 11) is 0. The van der Waals surface area contributed by atoms with Crippen molar-refractivity contribution in [3.8, 4) is 0 Å². The van der Waals surface area contributed by atoms with Gasteiger partial charge in [-0.15, -0.1) is 11.8 Å². The van der Waals surface area contributed by atoms with Gasteiger partial charge in [-0.3, -0.25) is 4.79 Å². The van der Waals surface area contributed by atoms with E-state index < -0.39 is 0 Å². The molecular weight excluding hydrogens is 322 g/mol. The zero-order chi connectivity index (χ0) is 13.4. The van der Waals surface area contributed by atoms with E-state index in [1.54, 1.807) is 0 Å². The number of fused-ring (bicyclic) bond motifs is 1. The molecule has 0 amide bonds. The molecule has 1 aromatic heterocycles. The number of halogens is 1. The molecule has 2 aromatic rings. The fourth-order valence-electron chi connectivity index (χ4n) is 2.45. The molecule has 1 atom stereocenters. The van der Waals surface area contributed by atoms with Gasteiger partial charge in [0.15, 0.2) is 0 Å². The van der Waals surface area contributed by atoms with Crippen LogP contribution >= 0.6 is 27.7 Å². The van der Waals surface area contributed by atoms with Crippen molar-refractivity contribution in [1.82, 2.24) is 4.57 Å². The van der Waals surface area contributed by atoms with Crippen molar-refractivity contribution in [2.75, 3.05) is 0 Å². The minimum atomic E-state index is 0.111. The second-order valence-electron chi connectivity index (χ2n) is 4.85. The molecule has 0 saturated heterocycles. The number of aromatic nitrogens is 1. The lowest BCUT2D eigenvalue weighted by Crippen LogP contribution is -2.26. The average Bonchev–Trinajstić information content (AvgIpc) is 2.77. The first-order valence-corrected chi connectivity index (χ1v) is 7.92. The maximum atomic E-state index is 12.1. The molecule has 98 valence electrons. The molecule has 1 aliphatic heterocycles. The van der Waals surface area contributed by atoms with Crippen molar-refractivity contribution in [3.63, 3.8) is 0 Å². The number of pyridine rings is 1. The summed E-state index contributed by atoms with van der Waals surface area (Å²) in [5.41, 5.74) is 2.30. The van der Waals surface area contributed by atoms with Gasteiger partial charge >= 0.3 is 0 Å². The average molecular weight is 336 g/mol. The van der Waals surface area contributed by atoms with Gasteiger partial charge in [-0.1, -0.05) is 18.2 Å². The van der Waals surface area contributed by atoms with E-state index in [0.717, 1.165) is 23.0 Å². The standard InChI is InChI=1S/C15H14BrNOS/c1-10-6-12(16)8-17(15(10)18)9-13-7-11-4-2-3-5-14(11)19-13/h2-6,8,13H,7,9H2,1H3. The van der Waals surface area contributed by atoms with Crippen LogP contribution in [0.3, 0.4) is 0 Å². The van der Waals surface area contributed by atoms with Crippen molar-refractivity contribution < 1.29 is 0 Å². The maximum absolute atomic E-state index is 12.1. The van der Waals surface area contributed by atoms with Crippen LogP contribution in [0.15, 0.2) is 50.7 Å². The molecule has 0 N–H and O–H groups in total. The topological polar surface area (TPSA) is 22.0 Å². The van der Waals surface area contributed by atoms with Gasteiger partial charge in [-0.2, -0.15) is 0 Å². The molecule has 0 radical (unpaired) electrons. The highest BCUT2D eigenvalue weighted by Gasteiger charge is 2.22. The fourth-order valence-corrected chi connectivity index (χ4v) is 4.36. The number of thioether (sulfide) groups is 1. The Morgan fingerprint density at radius 3 is 3.00 bits per heavy atom. The Labute approximate surface area is 125 Å². The Morgan fingerprint density at radius 2 is 2.21 bits per heavy atom. The highest BCUT2D eigenvalue weighted by Crippen LogP contribution is 2.37. The second kappa shape index (κ2) is 5.17. The normalized spacial score (nSPS) is 17.5. The van der Waals surface area contributed by atoms with Gasteiger partial charge in [0, 0.05) is 32.9 Å². The Hall–Kier alpha value is -1.00. The lowest BCUT2D eigenvalue weighted by Gasteiger charge is -2.12. The molecule has 0 bridgehead atoms. The van der Waals surface area contributed by atoms with Crippen LogP contribution in [0.5, 0.6) is 0 Å². The molecule has 2 nitrogen and oxygen atoms in total.